The third-order valence-electron chi connectivity index (χ3n) is 13.7. The molecular weight excluding hydrogens is 845 g/mol. The third kappa shape index (κ3) is 6.10. The lowest BCUT2D eigenvalue weighted by molar-refractivity contribution is 1.07. The molecule has 0 amide bonds. The highest BCUT2D eigenvalue weighted by Crippen LogP contribution is 2.42. The van der Waals surface area contributed by atoms with Crippen molar-refractivity contribution in [1.29, 1.82) is 0 Å². The zero-order valence-electron chi connectivity index (χ0n) is 36.6. The second kappa shape index (κ2) is 15.4. The molecule has 0 bridgehead atoms. The average Bonchev–Trinajstić information content (AvgIpc) is 3.97. The number of thiophene rings is 1. The Morgan fingerprint density at radius 1 is 0.279 bits per heavy atom. The molecule has 5 heteroatoms. The van der Waals surface area contributed by atoms with Gasteiger partial charge in [-0.1, -0.05) is 194 Å². The van der Waals surface area contributed by atoms with Crippen LogP contribution in [0.5, 0.6) is 0 Å². The summed E-state index contributed by atoms with van der Waals surface area (Å²) < 4.78 is 4.97. The van der Waals surface area contributed by atoms with Gasteiger partial charge in [-0.15, -0.1) is 11.3 Å². The number of hydrogen-bond acceptors (Lipinski definition) is 4. The van der Waals surface area contributed by atoms with E-state index in [2.05, 4.69) is 235 Å². The van der Waals surface area contributed by atoms with Gasteiger partial charge in [0, 0.05) is 47.6 Å². The molecule has 68 heavy (non-hydrogen) atoms. The fourth-order valence-corrected chi connectivity index (χ4v) is 11.7. The monoisotopic (exact) mass is 882 g/mol. The molecule has 0 saturated carbocycles. The van der Waals surface area contributed by atoms with Crippen LogP contribution in [0.25, 0.3) is 136 Å². The molecule has 11 aromatic carbocycles. The first-order valence-corrected chi connectivity index (χ1v) is 23.8. The van der Waals surface area contributed by atoms with E-state index in [0.29, 0.717) is 17.5 Å². The van der Waals surface area contributed by atoms with Crippen molar-refractivity contribution in [1.82, 2.24) is 19.5 Å². The van der Waals surface area contributed by atoms with Crippen molar-refractivity contribution in [3.05, 3.63) is 231 Å². The number of hydrogen-bond donors (Lipinski definition) is 0. The Morgan fingerprint density at radius 3 is 1.47 bits per heavy atom. The first-order valence-electron chi connectivity index (χ1n) is 23.0. The molecule has 0 aliphatic heterocycles. The van der Waals surface area contributed by atoms with Crippen molar-refractivity contribution in [2.75, 3.05) is 0 Å². The summed E-state index contributed by atoms with van der Waals surface area (Å²) in [6.07, 6.45) is 0. The van der Waals surface area contributed by atoms with E-state index in [0.717, 1.165) is 50.1 Å². The van der Waals surface area contributed by atoms with E-state index in [1.54, 1.807) is 0 Å². The van der Waals surface area contributed by atoms with E-state index in [-0.39, 0.29) is 0 Å². The van der Waals surface area contributed by atoms with Crippen molar-refractivity contribution in [2.24, 2.45) is 0 Å². The molecule has 4 nitrogen and oxygen atoms in total. The summed E-state index contributed by atoms with van der Waals surface area (Å²) in [7, 11) is 0. The van der Waals surface area contributed by atoms with Crippen molar-refractivity contribution < 1.29 is 0 Å². The predicted molar refractivity (Wildman–Crippen MR) is 287 cm³/mol. The SMILES string of the molecule is c1ccc(-c2ccc(-c3nc(-c4ccc(-c5cccc6c5sc5ccccc56)cc4)nc(-c4ccc5c6ccccc6c6ccccc6c5c4)n3)c(-n3c4ccccc4c4ccccc43)c2)cc1. The molecule has 316 valence electrons. The van der Waals surface area contributed by atoms with E-state index in [1.807, 2.05) is 11.3 Å². The van der Waals surface area contributed by atoms with Crippen LogP contribution in [0.2, 0.25) is 0 Å². The molecule has 14 aromatic rings. The van der Waals surface area contributed by atoms with Gasteiger partial charge < -0.3 is 4.57 Å². The number of para-hydroxylation sites is 2. The van der Waals surface area contributed by atoms with Crippen LogP contribution in [-0.2, 0) is 0 Å². The van der Waals surface area contributed by atoms with Gasteiger partial charge >= 0.3 is 0 Å². The number of rotatable bonds is 6. The van der Waals surface area contributed by atoms with E-state index < -0.39 is 0 Å². The topological polar surface area (TPSA) is 43.6 Å². The highest BCUT2D eigenvalue weighted by atomic mass is 32.1. The molecule has 0 aliphatic rings. The maximum atomic E-state index is 5.47. The summed E-state index contributed by atoms with van der Waals surface area (Å²) in [5, 5.41) is 12.2. The van der Waals surface area contributed by atoms with Gasteiger partial charge in [-0.25, -0.2) is 15.0 Å². The highest BCUT2D eigenvalue weighted by molar-refractivity contribution is 7.26. The molecular formula is C63H38N4S. The second-order valence-corrected chi connectivity index (χ2v) is 18.5. The van der Waals surface area contributed by atoms with Gasteiger partial charge in [0.05, 0.1) is 16.7 Å². The Bertz CT molecular complexity index is 4230. The summed E-state index contributed by atoms with van der Waals surface area (Å²) in [6.45, 7) is 0. The molecule has 14 rings (SSSR count). The van der Waals surface area contributed by atoms with Gasteiger partial charge in [0.1, 0.15) is 0 Å². The minimum Gasteiger partial charge on any atom is -0.308 e. The molecule has 0 unspecified atom stereocenters. The molecule has 0 atom stereocenters. The van der Waals surface area contributed by atoms with Crippen molar-refractivity contribution in [3.8, 4) is 62.1 Å². The van der Waals surface area contributed by atoms with Gasteiger partial charge in [-0.2, -0.15) is 0 Å². The average molecular weight is 883 g/mol. The molecule has 0 spiro atoms. The third-order valence-corrected chi connectivity index (χ3v) is 14.9. The molecule has 0 radical (unpaired) electrons. The Labute approximate surface area is 395 Å². The van der Waals surface area contributed by atoms with Gasteiger partial charge in [-0.05, 0) is 91.0 Å². The first kappa shape index (κ1) is 38.5. The van der Waals surface area contributed by atoms with Crippen LogP contribution >= 0.6 is 11.3 Å². The standard InChI is InChI=1S/C63H38N4S/c1-2-15-39(16-3-1)42-33-36-54(58(38-42)67-56-26-11-8-21-50(56)51-22-9-12-27-57(51)67)63-65-61(41-31-29-40(30-32-41)44-24-14-25-53-52-23-10-13-28-59(52)68-60(44)53)64-62(66-63)43-34-35-49-47-19-5-4-17-45(47)46-18-6-7-20-48(46)55(49)37-43/h1-38H. The fraction of sp³-hybridized carbons (Fsp3) is 0. The number of nitrogens with zero attached hydrogens (tertiary/aromatic N) is 4. The van der Waals surface area contributed by atoms with Gasteiger partial charge in [0.15, 0.2) is 17.5 Å². The Morgan fingerprint density at radius 2 is 0.779 bits per heavy atom. The van der Waals surface area contributed by atoms with E-state index in [9.17, 15) is 0 Å². The fourth-order valence-electron chi connectivity index (χ4n) is 10.5. The van der Waals surface area contributed by atoms with Crippen LogP contribution in [0.4, 0.5) is 0 Å². The van der Waals surface area contributed by atoms with Gasteiger partial charge in [-0.3, -0.25) is 0 Å². The molecule has 0 aliphatic carbocycles. The maximum absolute atomic E-state index is 5.47. The van der Waals surface area contributed by atoms with E-state index in [4.69, 9.17) is 15.0 Å². The molecule has 3 aromatic heterocycles. The molecule has 3 heterocycles. The summed E-state index contributed by atoms with van der Waals surface area (Å²) >= 11 is 1.85. The predicted octanol–water partition coefficient (Wildman–Crippen LogP) is 17.1. The summed E-state index contributed by atoms with van der Waals surface area (Å²) in [5.74, 6) is 1.83. The molecule has 0 N–H and O–H groups in total. The van der Waals surface area contributed by atoms with Crippen LogP contribution in [0.3, 0.4) is 0 Å². The van der Waals surface area contributed by atoms with Crippen LogP contribution < -0.4 is 0 Å². The quantitative estimate of drug-likeness (QED) is 0.156. The van der Waals surface area contributed by atoms with Crippen LogP contribution in [0.1, 0.15) is 0 Å². The normalized spacial score (nSPS) is 11.8. The largest absolute Gasteiger partial charge is 0.308 e. The van der Waals surface area contributed by atoms with Crippen molar-refractivity contribution >= 4 is 85.6 Å². The lowest BCUT2D eigenvalue weighted by atomic mass is 9.93. The van der Waals surface area contributed by atoms with Gasteiger partial charge in [0.2, 0.25) is 0 Å². The summed E-state index contributed by atoms with van der Waals surface area (Å²) in [5.41, 5.74) is 10.6. The smallest absolute Gasteiger partial charge is 0.166 e. The molecule has 0 saturated heterocycles. The minimum atomic E-state index is 0.601. The lowest BCUT2D eigenvalue weighted by Crippen LogP contribution is -2.04. The minimum absolute atomic E-state index is 0.601. The van der Waals surface area contributed by atoms with Crippen LogP contribution in [-0.4, -0.2) is 19.5 Å². The number of fused-ring (bicyclic) bond motifs is 12. The summed E-state index contributed by atoms with van der Waals surface area (Å²) in [4.78, 5) is 16.3. The zero-order valence-corrected chi connectivity index (χ0v) is 37.5. The van der Waals surface area contributed by atoms with Crippen LogP contribution in [0.15, 0.2) is 231 Å². The lowest BCUT2D eigenvalue weighted by Gasteiger charge is -2.17. The molecule has 0 fully saturated rings. The van der Waals surface area contributed by atoms with Crippen molar-refractivity contribution in [2.45, 2.75) is 0 Å². The van der Waals surface area contributed by atoms with Gasteiger partial charge in [0.25, 0.3) is 0 Å². The second-order valence-electron chi connectivity index (χ2n) is 17.5. The van der Waals surface area contributed by atoms with E-state index >= 15 is 0 Å². The van der Waals surface area contributed by atoms with E-state index in [1.165, 1.54) is 68.8 Å². The number of benzene rings is 11. The number of aromatic nitrogens is 4. The Balaban J connectivity index is 1.01. The highest BCUT2D eigenvalue weighted by Gasteiger charge is 2.21. The Kier molecular flexibility index (Phi) is 8.73. The van der Waals surface area contributed by atoms with Crippen LogP contribution in [0, 0.1) is 0 Å². The van der Waals surface area contributed by atoms with Crippen molar-refractivity contribution in [3.63, 3.8) is 0 Å². The summed E-state index contributed by atoms with van der Waals surface area (Å²) in [6, 6.07) is 82.8. The maximum Gasteiger partial charge on any atom is 0.166 e. The zero-order chi connectivity index (χ0) is 44.7. The Hall–Kier alpha value is -8.77. The first-order chi connectivity index (χ1) is 33.7.